The molecule has 104 valence electrons. The Bertz CT molecular complexity index is 624. The largest absolute Gasteiger partial charge is 0.379 e. The molecule has 2 N–H and O–H groups in total. The van der Waals surface area contributed by atoms with Crippen LogP contribution < -0.4 is 5.32 Å². The summed E-state index contributed by atoms with van der Waals surface area (Å²) in [7, 11) is 0. The third-order valence-corrected chi connectivity index (χ3v) is 3.44. The number of rotatable bonds is 4. The summed E-state index contributed by atoms with van der Waals surface area (Å²) in [5, 5.41) is 12.2. The van der Waals surface area contributed by atoms with Gasteiger partial charge in [0.05, 0.1) is 35.9 Å². The maximum Gasteiger partial charge on any atom is 0.201 e. The number of H-pyrrole nitrogens is 1. The SMILES string of the molecule is N#Cc1ccc2nc(NCCN3CCOCC3)[nH]c2c1. The Morgan fingerprint density at radius 3 is 3.05 bits per heavy atom. The standard InChI is InChI=1S/C14H17N5O/c15-10-11-1-2-12-13(9-11)18-14(17-12)16-3-4-19-5-7-20-8-6-19/h1-2,9H,3-8H2,(H2,16,17,18). The molecular weight excluding hydrogens is 254 g/mol. The lowest BCUT2D eigenvalue weighted by molar-refractivity contribution is 0.0398. The Morgan fingerprint density at radius 1 is 1.40 bits per heavy atom. The van der Waals surface area contributed by atoms with Gasteiger partial charge >= 0.3 is 0 Å². The number of nitriles is 1. The predicted molar refractivity (Wildman–Crippen MR) is 76.6 cm³/mol. The third kappa shape index (κ3) is 2.90. The van der Waals surface area contributed by atoms with Gasteiger partial charge in [-0.2, -0.15) is 5.26 Å². The molecule has 0 bridgehead atoms. The summed E-state index contributed by atoms with van der Waals surface area (Å²) >= 11 is 0. The fourth-order valence-electron chi connectivity index (χ4n) is 2.32. The van der Waals surface area contributed by atoms with E-state index >= 15 is 0 Å². The molecule has 6 nitrogen and oxygen atoms in total. The van der Waals surface area contributed by atoms with E-state index in [0.29, 0.717) is 5.56 Å². The number of hydrogen-bond acceptors (Lipinski definition) is 5. The second-order valence-corrected chi connectivity index (χ2v) is 4.81. The summed E-state index contributed by atoms with van der Waals surface area (Å²) < 4.78 is 5.32. The maximum absolute atomic E-state index is 8.87. The van der Waals surface area contributed by atoms with Crippen molar-refractivity contribution in [1.29, 1.82) is 5.26 Å². The molecule has 20 heavy (non-hydrogen) atoms. The number of fused-ring (bicyclic) bond motifs is 1. The van der Waals surface area contributed by atoms with Crippen LogP contribution in [0.5, 0.6) is 0 Å². The highest BCUT2D eigenvalue weighted by molar-refractivity contribution is 5.78. The van der Waals surface area contributed by atoms with Crippen LogP contribution >= 0.6 is 0 Å². The Kier molecular flexibility index (Phi) is 3.81. The van der Waals surface area contributed by atoms with E-state index in [2.05, 4.69) is 26.3 Å². The van der Waals surface area contributed by atoms with Crippen molar-refractivity contribution in [3.63, 3.8) is 0 Å². The van der Waals surface area contributed by atoms with Gasteiger partial charge in [-0.3, -0.25) is 4.90 Å². The first kappa shape index (κ1) is 12.9. The van der Waals surface area contributed by atoms with Gasteiger partial charge in [-0.1, -0.05) is 0 Å². The minimum Gasteiger partial charge on any atom is -0.379 e. The molecule has 1 saturated heterocycles. The van der Waals surface area contributed by atoms with Crippen molar-refractivity contribution in [2.45, 2.75) is 0 Å². The normalized spacial score (nSPS) is 16.1. The first-order chi connectivity index (χ1) is 9.85. The van der Waals surface area contributed by atoms with E-state index in [1.54, 1.807) is 6.07 Å². The van der Waals surface area contributed by atoms with Crippen LogP contribution in [0, 0.1) is 11.3 Å². The van der Waals surface area contributed by atoms with Crippen molar-refractivity contribution >= 4 is 17.0 Å². The van der Waals surface area contributed by atoms with Crippen molar-refractivity contribution in [2.24, 2.45) is 0 Å². The molecule has 2 heterocycles. The van der Waals surface area contributed by atoms with Gasteiger partial charge in [0.25, 0.3) is 0 Å². The molecule has 2 aromatic rings. The van der Waals surface area contributed by atoms with E-state index < -0.39 is 0 Å². The van der Waals surface area contributed by atoms with E-state index in [1.165, 1.54) is 0 Å². The van der Waals surface area contributed by atoms with Gasteiger partial charge in [0.15, 0.2) is 0 Å². The fraction of sp³-hybridized carbons (Fsp3) is 0.429. The van der Waals surface area contributed by atoms with Crippen molar-refractivity contribution < 1.29 is 4.74 Å². The van der Waals surface area contributed by atoms with E-state index in [-0.39, 0.29) is 0 Å². The summed E-state index contributed by atoms with van der Waals surface area (Å²) in [6, 6.07) is 7.58. The minimum atomic E-state index is 0.640. The molecule has 0 saturated carbocycles. The van der Waals surface area contributed by atoms with Crippen LogP contribution in [0.4, 0.5) is 5.95 Å². The average molecular weight is 271 g/mol. The topological polar surface area (TPSA) is 77.0 Å². The fourth-order valence-corrected chi connectivity index (χ4v) is 2.32. The van der Waals surface area contributed by atoms with Crippen molar-refractivity contribution in [1.82, 2.24) is 14.9 Å². The summed E-state index contributed by atoms with van der Waals surface area (Å²) in [6.45, 7) is 5.44. The number of nitrogens with one attached hydrogen (secondary N) is 2. The van der Waals surface area contributed by atoms with Crippen LogP contribution in [0.25, 0.3) is 11.0 Å². The van der Waals surface area contributed by atoms with Crippen LogP contribution in [0.2, 0.25) is 0 Å². The predicted octanol–water partition coefficient (Wildman–Crippen LogP) is 1.18. The molecule has 0 aliphatic carbocycles. The van der Waals surface area contributed by atoms with Gasteiger partial charge in [-0.15, -0.1) is 0 Å². The first-order valence-corrected chi connectivity index (χ1v) is 6.79. The first-order valence-electron chi connectivity index (χ1n) is 6.79. The van der Waals surface area contributed by atoms with Gasteiger partial charge in [-0.25, -0.2) is 4.98 Å². The molecule has 0 unspecified atom stereocenters. The molecule has 1 aliphatic rings. The molecule has 0 radical (unpaired) electrons. The highest BCUT2D eigenvalue weighted by atomic mass is 16.5. The Hall–Kier alpha value is -2.10. The molecule has 3 rings (SSSR count). The Balaban J connectivity index is 1.58. The number of aromatic amines is 1. The summed E-state index contributed by atoms with van der Waals surface area (Å²) in [5.41, 5.74) is 2.40. The molecule has 1 aromatic carbocycles. The monoisotopic (exact) mass is 271 g/mol. The number of hydrogen-bond donors (Lipinski definition) is 2. The smallest absolute Gasteiger partial charge is 0.201 e. The van der Waals surface area contributed by atoms with Crippen LogP contribution in [0.1, 0.15) is 5.56 Å². The molecule has 6 heteroatoms. The second kappa shape index (κ2) is 5.90. The molecule has 1 aliphatic heterocycles. The zero-order valence-electron chi connectivity index (χ0n) is 11.2. The van der Waals surface area contributed by atoms with Gasteiger partial charge in [0, 0.05) is 26.2 Å². The highest BCUT2D eigenvalue weighted by Crippen LogP contribution is 2.15. The van der Waals surface area contributed by atoms with Crippen LogP contribution in [0.15, 0.2) is 18.2 Å². The van der Waals surface area contributed by atoms with Gasteiger partial charge in [-0.05, 0) is 18.2 Å². The molecule has 0 spiro atoms. The molecule has 1 aromatic heterocycles. The van der Waals surface area contributed by atoms with Crippen molar-refractivity contribution in [3.05, 3.63) is 23.8 Å². The van der Waals surface area contributed by atoms with E-state index in [1.807, 2.05) is 12.1 Å². The Morgan fingerprint density at radius 2 is 2.25 bits per heavy atom. The number of aromatic nitrogens is 2. The van der Waals surface area contributed by atoms with Gasteiger partial charge < -0.3 is 15.0 Å². The van der Waals surface area contributed by atoms with Crippen molar-refractivity contribution in [3.8, 4) is 6.07 Å². The molecule has 0 atom stereocenters. The summed E-state index contributed by atoms with van der Waals surface area (Å²) in [4.78, 5) is 10.0. The van der Waals surface area contributed by atoms with Crippen LogP contribution in [-0.2, 0) is 4.74 Å². The van der Waals surface area contributed by atoms with Crippen LogP contribution in [0.3, 0.4) is 0 Å². The zero-order chi connectivity index (χ0) is 13.8. The number of benzene rings is 1. The lowest BCUT2D eigenvalue weighted by Gasteiger charge is -2.26. The van der Waals surface area contributed by atoms with Gasteiger partial charge in [0.2, 0.25) is 5.95 Å². The molecule has 0 amide bonds. The lowest BCUT2D eigenvalue weighted by atomic mass is 10.2. The zero-order valence-corrected chi connectivity index (χ0v) is 11.2. The third-order valence-electron chi connectivity index (χ3n) is 3.44. The van der Waals surface area contributed by atoms with E-state index in [9.17, 15) is 0 Å². The van der Waals surface area contributed by atoms with E-state index in [4.69, 9.17) is 10.00 Å². The van der Waals surface area contributed by atoms with E-state index in [0.717, 1.165) is 56.4 Å². The number of ether oxygens (including phenoxy) is 1. The minimum absolute atomic E-state index is 0.640. The lowest BCUT2D eigenvalue weighted by Crippen LogP contribution is -2.39. The molecule has 1 fully saturated rings. The number of nitrogens with zero attached hydrogens (tertiary/aromatic N) is 3. The maximum atomic E-state index is 8.87. The number of morpholine rings is 1. The van der Waals surface area contributed by atoms with Crippen molar-refractivity contribution in [2.75, 3.05) is 44.7 Å². The average Bonchev–Trinajstić information content (AvgIpc) is 2.90. The second-order valence-electron chi connectivity index (χ2n) is 4.81. The quantitative estimate of drug-likeness (QED) is 0.873. The Labute approximate surface area is 117 Å². The highest BCUT2D eigenvalue weighted by Gasteiger charge is 2.09. The summed E-state index contributed by atoms with van der Waals surface area (Å²) in [6.07, 6.45) is 0. The molecular formula is C14H17N5O. The van der Waals surface area contributed by atoms with Crippen LogP contribution in [-0.4, -0.2) is 54.3 Å². The van der Waals surface area contributed by atoms with Gasteiger partial charge in [0.1, 0.15) is 0 Å². The summed E-state index contributed by atoms with van der Waals surface area (Å²) in [5.74, 6) is 0.753. The number of anilines is 1. The number of imidazole rings is 1.